The molecule has 1 amide bonds. The molecule has 0 bridgehead atoms. The summed E-state index contributed by atoms with van der Waals surface area (Å²) >= 11 is 1.98. The van der Waals surface area contributed by atoms with Crippen molar-refractivity contribution in [3.8, 4) is 5.75 Å². The Hall–Kier alpha value is -0.0761. The van der Waals surface area contributed by atoms with Crippen LogP contribution in [0, 0.1) is 17.7 Å². The van der Waals surface area contributed by atoms with Crippen LogP contribution in [0.15, 0.2) is 12.1 Å². The standard InChI is InChI=1S/C13H11F2INO2.Y/c1-17-11(4-3-10(16)13(17)18)12-8(14)5-7(19-2)6-9(12)15;/h5-6,10H,3H2,1-2H3;/q-1;. The van der Waals surface area contributed by atoms with Crippen molar-refractivity contribution in [2.75, 3.05) is 14.2 Å². The zero-order chi connectivity index (χ0) is 14.2. The van der Waals surface area contributed by atoms with Crippen LogP contribution in [-0.2, 0) is 37.5 Å². The number of amides is 1. The van der Waals surface area contributed by atoms with E-state index in [1.54, 1.807) is 0 Å². The SMILES string of the molecule is COc1cc(F)c(C2=[C-]CC(I)C(=O)N2C)c(F)c1.[Y]. The van der Waals surface area contributed by atoms with Crippen molar-refractivity contribution in [3.63, 3.8) is 0 Å². The van der Waals surface area contributed by atoms with E-state index in [9.17, 15) is 13.6 Å². The van der Waals surface area contributed by atoms with Crippen molar-refractivity contribution in [2.45, 2.75) is 10.3 Å². The Labute approximate surface area is 154 Å². The molecule has 1 aliphatic heterocycles. The molecule has 2 rings (SSSR count). The Morgan fingerprint density at radius 2 is 1.95 bits per heavy atom. The van der Waals surface area contributed by atoms with Crippen LogP contribution in [0.4, 0.5) is 8.78 Å². The molecule has 105 valence electrons. The third kappa shape index (κ3) is 3.39. The Morgan fingerprint density at radius 3 is 2.45 bits per heavy atom. The van der Waals surface area contributed by atoms with Gasteiger partial charge >= 0.3 is 0 Å². The summed E-state index contributed by atoms with van der Waals surface area (Å²) in [5.41, 5.74) is -0.115. The van der Waals surface area contributed by atoms with Gasteiger partial charge in [0.2, 0.25) is 5.91 Å². The van der Waals surface area contributed by atoms with E-state index in [-0.39, 0.29) is 59.6 Å². The van der Waals surface area contributed by atoms with Gasteiger partial charge < -0.3 is 9.64 Å². The first-order chi connectivity index (χ1) is 8.95. The van der Waals surface area contributed by atoms with Crippen molar-refractivity contribution in [3.05, 3.63) is 35.4 Å². The fourth-order valence-electron chi connectivity index (χ4n) is 1.86. The largest absolute Gasteiger partial charge is 0.497 e. The zero-order valence-corrected chi connectivity index (χ0v) is 15.9. The summed E-state index contributed by atoms with van der Waals surface area (Å²) < 4.78 is 32.5. The van der Waals surface area contributed by atoms with Gasteiger partial charge in [0.25, 0.3) is 0 Å². The Morgan fingerprint density at radius 1 is 1.40 bits per heavy atom. The van der Waals surface area contributed by atoms with Crippen molar-refractivity contribution in [1.29, 1.82) is 0 Å². The number of alkyl halides is 1. The molecule has 1 heterocycles. The van der Waals surface area contributed by atoms with E-state index in [1.807, 2.05) is 22.6 Å². The monoisotopic (exact) mass is 467 g/mol. The zero-order valence-electron chi connectivity index (χ0n) is 10.9. The number of rotatable bonds is 2. The van der Waals surface area contributed by atoms with Crippen LogP contribution in [0.1, 0.15) is 12.0 Å². The van der Waals surface area contributed by atoms with E-state index >= 15 is 0 Å². The van der Waals surface area contributed by atoms with Gasteiger partial charge in [0, 0.05) is 39.8 Å². The molecular formula is C13H11F2INO2Y-. The molecule has 1 aliphatic rings. The number of benzene rings is 1. The number of halogens is 3. The van der Waals surface area contributed by atoms with E-state index < -0.39 is 11.6 Å². The maximum atomic E-state index is 14.0. The number of carbonyl (C=O) groups is 1. The van der Waals surface area contributed by atoms with E-state index in [1.165, 1.54) is 19.1 Å². The minimum atomic E-state index is -0.772. The summed E-state index contributed by atoms with van der Waals surface area (Å²) in [6.07, 6.45) is 3.22. The molecule has 0 aromatic heterocycles. The normalized spacial score (nSPS) is 18.4. The summed E-state index contributed by atoms with van der Waals surface area (Å²) in [5.74, 6) is -1.64. The molecule has 0 saturated carbocycles. The van der Waals surface area contributed by atoms with Gasteiger partial charge in [0.1, 0.15) is 5.75 Å². The fourth-order valence-corrected chi connectivity index (χ4v) is 2.50. The predicted octanol–water partition coefficient (Wildman–Crippen LogP) is 2.78. The maximum Gasteiger partial charge on any atom is 0.235 e. The average Bonchev–Trinajstić information content (AvgIpc) is 2.37. The first kappa shape index (κ1) is 18.0. The third-order valence-electron chi connectivity index (χ3n) is 2.87. The quantitative estimate of drug-likeness (QED) is 0.381. The molecule has 0 saturated heterocycles. The smallest absolute Gasteiger partial charge is 0.235 e. The summed E-state index contributed by atoms with van der Waals surface area (Å²) in [5, 5.41) is 0. The van der Waals surface area contributed by atoms with Crippen molar-refractivity contribution in [1.82, 2.24) is 4.90 Å². The van der Waals surface area contributed by atoms with Gasteiger partial charge in [-0.2, -0.15) is 0 Å². The fraction of sp³-hybridized carbons (Fsp3) is 0.308. The van der Waals surface area contributed by atoms with Crippen molar-refractivity contribution >= 4 is 34.2 Å². The second-order valence-corrected chi connectivity index (χ2v) is 5.56. The van der Waals surface area contributed by atoms with Crippen LogP contribution < -0.4 is 4.74 Å². The molecule has 0 fully saturated rings. The predicted molar refractivity (Wildman–Crippen MR) is 74.8 cm³/mol. The molecule has 0 aliphatic carbocycles. The number of ether oxygens (including phenoxy) is 1. The Bertz CT molecular complexity index is 542. The van der Waals surface area contributed by atoms with Gasteiger partial charge in [-0.15, -0.1) is 5.70 Å². The van der Waals surface area contributed by atoms with Gasteiger partial charge in [-0.25, -0.2) is 14.9 Å². The number of hydrogen-bond donors (Lipinski definition) is 0. The summed E-state index contributed by atoms with van der Waals surface area (Å²) in [4.78, 5) is 13.1. The second-order valence-electron chi connectivity index (χ2n) is 4.06. The van der Waals surface area contributed by atoms with E-state index in [0.717, 1.165) is 12.1 Å². The molecule has 7 heteroatoms. The van der Waals surface area contributed by atoms with E-state index in [2.05, 4.69) is 6.08 Å². The number of nitrogens with zero attached hydrogens (tertiary/aromatic N) is 1. The molecule has 0 spiro atoms. The van der Waals surface area contributed by atoms with Crippen LogP contribution in [-0.4, -0.2) is 28.9 Å². The van der Waals surface area contributed by atoms with Crippen LogP contribution in [0.5, 0.6) is 5.75 Å². The van der Waals surface area contributed by atoms with Crippen molar-refractivity contribution in [2.24, 2.45) is 0 Å². The topological polar surface area (TPSA) is 29.5 Å². The van der Waals surface area contributed by atoms with E-state index in [0.29, 0.717) is 6.42 Å². The molecule has 0 N–H and O–H groups in total. The molecule has 1 atom stereocenters. The van der Waals surface area contributed by atoms with Crippen LogP contribution in [0.3, 0.4) is 0 Å². The summed E-state index contributed by atoms with van der Waals surface area (Å²) in [6, 6.07) is 2.17. The van der Waals surface area contributed by atoms with Gasteiger partial charge in [-0.1, -0.05) is 34.6 Å². The molecule has 1 aromatic rings. The second kappa shape index (κ2) is 7.27. The van der Waals surface area contributed by atoms with Gasteiger partial charge in [-0.05, 0) is 12.1 Å². The van der Waals surface area contributed by atoms with Gasteiger partial charge in [-0.3, -0.25) is 4.79 Å². The molecular weight excluding hydrogens is 456 g/mol. The van der Waals surface area contributed by atoms with Gasteiger partial charge in [0.05, 0.1) is 22.7 Å². The maximum absolute atomic E-state index is 14.0. The van der Waals surface area contributed by atoms with Crippen molar-refractivity contribution < 1.29 is 51.0 Å². The first-order valence-electron chi connectivity index (χ1n) is 5.51. The molecule has 1 aromatic carbocycles. The number of allylic oxidation sites excluding steroid dienone is 1. The molecule has 20 heavy (non-hydrogen) atoms. The van der Waals surface area contributed by atoms with E-state index in [4.69, 9.17) is 4.74 Å². The Kier molecular flexibility index (Phi) is 6.53. The summed E-state index contributed by atoms with van der Waals surface area (Å²) in [7, 11) is 2.81. The average molecular weight is 467 g/mol. The number of hydrogen-bond acceptors (Lipinski definition) is 2. The first-order valence-corrected chi connectivity index (χ1v) is 6.76. The minimum Gasteiger partial charge on any atom is -0.497 e. The third-order valence-corrected chi connectivity index (χ3v) is 3.84. The minimum absolute atomic E-state index is 0. The Balaban J connectivity index is 0.00000200. The molecule has 1 radical (unpaired) electrons. The van der Waals surface area contributed by atoms with Crippen LogP contribution in [0.25, 0.3) is 5.70 Å². The van der Waals surface area contributed by atoms with Crippen LogP contribution in [0.2, 0.25) is 0 Å². The number of methoxy groups -OCH3 is 1. The van der Waals surface area contributed by atoms with Gasteiger partial charge in [0.15, 0.2) is 0 Å². The van der Waals surface area contributed by atoms with Crippen LogP contribution >= 0.6 is 22.6 Å². The summed E-state index contributed by atoms with van der Waals surface area (Å²) in [6.45, 7) is 0. The molecule has 3 nitrogen and oxygen atoms in total. The number of carbonyl (C=O) groups excluding carboxylic acids is 1. The molecule has 1 unspecified atom stereocenters.